The molecule has 0 radical (unpaired) electrons. The van der Waals surface area contributed by atoms with Gasteiger partial charge in [0, 0.05) is 42.5 Å². The molecule has 3 aromatic heterocycles. The highest BCUT2D eigenvalue weighted by Crippen LogP contribution is 2.28. The van der Waals surface area contributed by atoms with Crippen LogP contribution < -0.4 is 5.32 Å². The van der Waals surface area contributed by atoms with Gasteiger partial charge in [-0.05, 0) is 32.8 Å². The zero-order valence-corrected chi connectivity index (χ0v) is 17.4. The summed E-state index contributed by atoms with van der Waals surface area (Å²) in [6.07, 6.45) is 5.43. The molecule has 1 aliphatic rings. The topological polar surface area (TPSA) is 96.0 Å². The van der Waals surface area contributed by atoms with E-state index in [0.717, 1.165) is 24.4 Å². The van der Waals surface area contributed by atoms with Gasteiger partial charge in [-0.15, -0.1) is 0 Å². The lowest BCUT2D eigenvalue weighted by Gasteiger charge is -2.33. The molecule has 4 rings (SSSR count). The van der Waals surface area contributed by atoms with E-state index in [1.54, 1.807) is 23.4 Å². The van der Waals surface area contributed by atoms with Gasteiger partial charge in [-0.2, -0.15) is 0 Å². The minimum Gasteiger partial charge on any atom is -0.447 e. The smallest absolute Gasteiger partial charge is 0.410 e. The number of ether oxygens (including phenoxy) is 1. The van der Waals surface area contributed by atoms with Crippen LogP contribution in [0.2, 0.25) is 5.02 Å². The number of rotatable bonds is 4. The molecule has 0 aromatic carbocycles. The Morgan fingerprint density at radius 1 is 1.40 bits per heavy atom. The van der Waals surface area contributed by atoms with Gasteiger partial charge in [0.15, 0.2) is 17.5 Å². The molecular weight excluding hydrogens is 411 g/mol. The zero-order chi connectivity index (χ0) is 21.3. The van der Waals surface area contributed by atoms with Crippen molar-refractivity contribution in [2.45, 2.75) is 38.8 Å². The van der Waals surface area contributed by atoms with Crippen molar-refractivity contribution in [3.05, 3.63) is 35.5 Å². The molecular formula is C20H22ClFN6O2. The maximum Gasteiger partial charge on any atom is 0.410 e. The van der Waals surface area contributed by atoms with Crippen LogP contribution in [0.15, 0.2) is 24.7 Å². The predicted molar refractivity (Wildman–Crippen MR) is 112 cm³/mol. The van der Waals surface area contributed by atoms with Crippen molar-refractivity contribution in [1.29, 1.82) is 0 Å². The first-order valence-electron chi connectivity index (χ1n) is 9.78. The number of piperidine rings is 1. The van der Waals surface area contributed by atoms with Gasteiger partial charge in [0.2, 0.25) is 0 Å². The Kier molecular flexibility index (Phi) is 5.72. The summed E-state index contributed by atoms with van der Waals surface area (Å²) < 4.78 is 19.7. The summed E-state index contributed by atoms with van der Waals surface area (Å²) in [5, 5.41) is 4.36. The van der Waals surface area contributed by atoms with Gasteiger partial charge in [-0.1, -0.05) is 11.6 Å². The van der Waals surface area contributed by atoms with Crippen molar-refractivity contribution < 1.29 is 13.9 Å². The fraction of sp³-hybridized carbons (Fsp3) is 0.400. The lowest BCUT2D eigenvalue weighted by atomic mass is 10.1. The second kappa shape index (κ2) is 8.43. The average molecular weight is 433 g/mol. The van der Waals surface area contributed by atoms with Crippen molar-refractivity contribution in [2.24, 2.45) is 0 Å². The second-order valence-electron chi connectivity index (χ2n) is 7.50. The normalized spacial score (nSPS) is 16.8. The van der Waals surface area contributed by atoms with E-state index in [1.165, 1.54) is 0 Å². The van der Waals surface area contributed by atoms with Gasteiger partial charge in [0.1, 0.15) is 5.65 Å². The molecule has 3 aromatic rings. The maximum absolute atomic E-state index is 14.4. The number of fused-ring (bicyclic) bond motifs is 1. The lowest BCUT2D eigenvalue weighted by Crippen LogP contribution is -2.46. The Morgan fingerprint density at radius 3 is 3.03 bits per heavy atom. The molecule has 1 unspecified atom stereocenters. The fourth-order valence-corrected chi connectivity index (χ4v) is 3.65. The molecule has 0 saturated carbocycles. The number of hydrogen-bond donors (Lipinski definition) is 2. The first kappa shape index (κ1) is 20.3. The molecule has 0 bridgehead atoms. The first-order chi connectivity index (χ1) is 14.4. The Bertz CT molecular complexity index is 1070. The summed E-state index contributed by atoms with van der Waals surface area (Å²) in [6, 6.07) is 1.62. The average Bonchev–Trinajstić information content (AvgIpc) is 3.12. The van der Waals surface area contributed by atoms with E-state index in [2.05, 4.69) is 25.3 Å². The minimum atomic E-state index is -0.559. The van der Waals surface area contributed by atoms with Crippen molar-refractivity contribution in [2.75, 3.05) is 18.4 Å². The summed E-state index contributed by atoms with van der Waals surface area (Å²) in [4.78, 5) is 29.6. The number of aromatic amines is 1. The van der Waals surface area contributed by atoms with Crippen LogP contribution in [-0.4, -0.2) is 56.2 Å². The van der Waals surface area contributed by atoms with Gasteiger partial charge >= 0.3 is 6.09 Å². The third kappa shape index (κ3) is 4.30. The summed E-state index contributed by atoms with van der Waals surface area (Å²) in [5.41, 5.74) is 1.32. The fourth-order valence-electron chi connectivity index (χ4n) is 3.49. The molecule has 1 amide bonds. The van der Waals surface area contributed by atoms with Crippen molar-refractivity contribution >= 4 is 34.5 Å². The van der Waals surface area contributed by atoms with Gasteiger partial charge in [0.05, 0.1) is 17.3 Å². The highest BCUT2D eigenvalue weighted by atomic mass is 35.5. The number of H-pyrrole nitrogens is 1. The number of anilines is 1. The number of halogens is 2. The molecule has 10 heteroatoms. The Balaban J connectivity index is 1.55. The van der Waals surface area contributed by atoms with Crippen LogP contribution in [0, 0.1) is 5.82 Å². The molecule has 1 atom stereocenters. The monoisotopic (exact) mass is 432 g/mol. The van der Waals surface area contributed by atoms with Crippen LogP contribution in [0.3, 0.4) is 0 Å². The molecule has 30 heavy (non-hydrogen) atoms. The lowest BCUT2D eigenvalue weighted by molar-refractivity contribution is 0.0695. The molecule has 0 spiro atoms. The van der Waals surface area contributed by atoms with E-state index >= 15 is 0 Å². The van der Waals surface area contributed by atoms with Crippen LogP contribution in [-0.2, 0) is 4.74 Å². The van der Waals surface area contributed by atoms with Gasteiger partial charge < -0.3 is 19.9 Å². The molecule has 1 aliphatic heterocycles. The van der Waals surface area contributed by atoms with Gasteiger partial charge in [-0.25, -0.2) is 24.1 Å². The largest absolute Gasteiger partial charge is 0.447 e. The van der Waals surface area contributed by atoms with E-state index in [0.29, 0.717) is 35.1 Å². The predicted octanol–water partition coefficient (Wildman–Crippen LogP) is 4.23. The number of aromatic nitrogens is 4. The van der Waals surface area contributed by atoms with E-state index in [-0.39, 0.29) is 24.1 Å². The van der Waals surface area contributed by atoms with E-state index < -0.39 is 5.82 Å². The van der Waals surface area contributed by atoms with E-state index in [9.17, 15) is 9.18 Å². The van der Waals surface area contributed by atoms with E-state index in [4.69, 9.17) is 16.3 Å². The molecule has 4 heterocycles. The van der Waals surface area contributed by atoms with Crippen LogP contribution in [0.25, 0.3) is 22.4 Å². The van der Waals surface area contributed by atoms with E-state index in [1.807, 2.05) is 13.8 Å². The third-order valence-electron chi connectivity index (χ3n) is 4.84. The molecule has 1 fully saturated rings. The number of hydrogen-bond acceptors (Lipinski definition) is 6. The Labute approximate surface area is 177 Å². The summed E-state index contributed by atoms with van der Waals surface area (Å²) in [6.45, 7) is 4.65. The van der Waals surface area contributed by atoms with Crippen molar-refractivity contribution in [3.63, 3.8) is 0 Å². The van der Waals surface area contributed by atoms with Crippen molar-refractivity contribution in [3.8, 4) is 11.4 Å². The van der Waals surface area contributed by atoms with Gasteiger partial charge in [0.25, 0.3) is 0 Å². The third-order valence-corrected chi connectivity index (χ3v) is 5.05. The van der Waals surface area contributed by atoms with Crippen LogP contribution in [0.4, 0.5) is 15.0 Å². The number of nitrogens with zero attached hydrogens (tertiary/aromatic N) is 4. The summed E-state index contributed by atoms with van der Waals surface area (Å²) in [5.74, 6) is -0.119. The molecule has 2 N–H and O–H groups in total. The number of pyridine rings is 1. The molecule has 158 valence electrons. The number of nitrogens with one attached hydrogen (secondary N) is 2. The van der Waals surface area contributed by atoms with Crippen LogP contribution >= 0.6 is 11.6 Å². The Morgan fingerprint density at radius 2 is 2.23 bits per heavy atom. The van der Waals surface area contributed by atoms with Crippen LogP contribution in [0.5, 0.6) is 0 Å². The molecule has 1 saturated heterocycles. The Hall–Kier alpha value is -2.94. The quantitative estimate of drug-likeness (QED) is 0.640. The number of carbonyl (C=O) groups is 1. The molecule has 0 aliphatic carbocycles. The zero-order valence-electron chi connectivity index (χ0n) is 16.7. The van der Waals surface area contributed by atoms with Crippen molar-refractivity contribution in [1.82, 2.24) is 24.8 Å². The minimum absolute atomic E-state index is 0.0911. The number of carbonyl (C=O) groups excluding carboxylic acids is 1. The first-order valence-corrected chi connectivity index (χ1v) is 10.2. The number of amides is 1. The second-order valence-corrected chi connectivity index (χ2v) is 7.94. The standard InChI is InChI=1S/C20H22ClFN6O2/c1-11(2)30-20(29)28-5-3-4-13(10-28)26-19-16(22)9-25-18(27-19)15-8-24-17-14(15)6-12(21)7-23-17/h6-9,11,13H,3-5,10H2,1-2H3,(H,23,24)(H,25,26,27). The van der Waals surface area contributed by atoms with Crippen LogP contribution in [0.1, 0.15) is 26.7 Å². The summed E-state index contributed by atoms with van der Waals surface area (Å²) >= 11 is 6.06. The summed E-state index contributed by atoms with van der Waals surface area (Å²) in [7, 11) is 0. The highest BCUT2D eigenvalue weighted by molar-refractivity contribution is 6.31. The number of likely N-dealkylation sites (tertiary alicyclic amines) is 1. The van der Waals surface area contributed by atoms with Gasteiger partial charge in [-0.3, -0.25) is 0 Å². The molecule has 8 nitrogen and oxygen atoms in total. The SMILES string of the molecule is CC(C)OC(=O)N1CCCC(Nc2nc(-c3c[nH]c4ncc(Cl)cc34)ncc2F)C1. The maximum atomic E-state index is 14.4. The highest BCUT2D eigenvalue weighted by Gasteiger charge is 2.26.